The zero-order valence-corrected chi connectivity index (χ0v) is 15.6. The maximum absolute atomic E-state index is 12.8. The first kappa shape index (κ1) is 16.6. The van der Waals surface area contributed by atoms with Crippen molar-refractivity contribution in [1.82, 2.24) is 23.9 Å². The molecule has 9 heteroatoms. The Kier molecular flexibility index (Phi) is 3.87. The van der Waals surface area contributed by atoms with Gasteiger partial charge in [-0.05, 0) is 25.0 Å². The number of hydrogen-bond donors (Lipinski definition) is 0. The van der Waals surface area contributed by atoms with E-state index in [0.29, 0.717) is 37.0 Å². The molecule has 0 unspecified atom stereocenters. The average Bonchev–Trinajstić information content (AvgIpc) is 3.47. The first-order valence-corrected chi connectivity index (χ1v) is 10.6. The molecule has 0 radical (unpaired) electrons. The van der Waals surface area contributed by atoms with Crippen LogP contribution in [0.5, 0.6) is 0 Å². The molecule has 0 bridgehead atoms. The summed E-state index contributed by atoms with van der Waals surface area (Å²) < 4.78 is 29.1. The average molecular weight is 384 g/mol. The molecule has 140 valence electrons. The Morgan fingerprint density at radius 2 is 1.70 bits per heavy atom. The molecule has 2 aliphatic rings. The van der Waals surface area contributed by atoms with E-state index in [1.165, 1.54) is 0 Å². The summed E-state index contributed by atoms with van der Waals surface area (Å²) in [7, 11) is -3.46. The molecule has 2 fully saturated rings. The maximum Gasteiger partial charge on any atom is 0.243 e. The molecule has 1 aliphatic carbocycles. The van der Waals surface area contributed by atoms with Gasteiger partial charge < -0.3 is 4.90 Å². The molecule has 27 heavy (non-hydrogen) atoms. The molecule has 1 saturated heterocycles. The molecular formula is C18H20N6O2S. The predicted octanol–water partition coefficient (Wildman–Crippen LogP) is 1.51. The summed E-state index contributed by atoms with van der Waals surface area (Å²) in [5.74, 6) is 2.27. The van der Waals surface area contributed by atoms with Crippen molar-refractivity contribution in [1.29, 1.82) is 0 Å². The molecule has 0 amide bonds. The van der Waals surface area contributed by atoms with Crippen molar-refractivity contribution in [3.05, 3.63) is 48.5 Å². The van der Waals surface area contributed by atoms with E-state index >= 15 is 0 Å². The number of benzene rings is 1. The number of aromatic nitrogens is 4. The van der Waals surface area contributed by atoms with Crippen LogP contribution in [0, 0.1) is 0 Å². The number of fused-ring (bicyclic) bond motifs is 1. The Morgan fingerprint density at radius 1 is 0.963 bits per heavy atom. The summed E-state index contributed by atoms with van der Waals surface area (Å²) in [6.07, 6.45) is 6.00. The third kappa shape index (κ3) is 2.87. The van der Waals surface area contributed by atoms with Crippen molar-refractivity contribution in [2.24, 2.45) is 0 Å². The Morgan fingerprint density at radius 3 is 2.41 bits per heavy atom. The summed E-state index contributed by atoms with van der Waals surface area (Å²) in [6, 6.07) is 8.59. The minimum Gasteiger partial charge on any atom is -0.351 e. The second kappa shape index (κ2) is 6.28. The van der Waals surface area contributed by atoms with Crippen LogP contribution >= 0.6 is 0 Å². The number of hydrogen-bond acceptors (Lipinski definition) is 6. The van der Waals surface area contributed by atoms with Crippen LogP contribution in [-0.2, 0) is 10.0 Å². The van der Waals surface area contributed by atoms with E-state index in [2.05, 4.69) is 20.1 Å². The van der Waals surface area contributed by atoms with Gasteiger partial charge in [0.05, 0.1) is 4.90 Å². The van der Waals surface area contributed by atoms with Gasteiger partial charge in [0.25, 0.3) is 0 Å². The predicted molar refractivity (Wildman–Crippen MR) is 100 cm³/mol. The Bertz CT molecular complexity index is 1070. The third-order valence-electron chi connectivity index (χ3n) is 5.20. The fraction of sp³-hybridized carbons (Fsp3) is 0.389. The van der Waals surface area contributed by atoms with Crippen LogP contribution in [0.1, 0.15) is 24.6 Å². The van der Waals surface area contributed by atoms with Crippen molar-refractivity contribution < 1.29 is 8.42 Å². The van der Waals surface area contributed by atoms with E-state index in [-0.39, 0.29) is 0 Å². The molecule has 2 aromatic heterocycles. The van der Waals surface area contributed by atoms with Crippen LogP contribution in [0.15, 0.2) is 47.6 Å². The van der Waals surface area contributed by atoms with Gasteiger partial charge in [-0.15, -0.1) is 10.2 Å². The summed E-state index contributed by atoms with van der Waals surface area (Å²) >= 11 is 0. The first-order chi connectivity index (χ1) is 13.1. The zero-order chi connectivity index (χ0) is 18.4. The van der Waals surface area contributed by atoms with Crippen molar-refractivity contribution in [2.75, 3.05) is 31.1 Å². The topological polar surface area (TPSA) is 83.7 Å². The molecule has 0 N–H and O–H groups in total. The maximum atomic E-state index is 12.8. The van der Waals surface area contributed by atoms with Gasteiger partial charge in [-0.1, -0.05) is 18.2 Å². The number of nitrogens with zero attached hydrogens (tertiary/aromatic N) is 6. The molecule has 8 nitrogen and oxygen atoms in total. The van der Waals surface area contributed by atoms with Gasteiger partial charge in [-0.3, -0.25) is 4.40 Å². The van der Waals surface area contributed by atoms with Gasteiger partial charge in [-0.25, -0.2) is 13.4 Å². The normalized spacial score (nSPS) is 18.9. The lowest BCUT2D eigenvalue weighted by molar-refractivity contribution is 0.384. The molecule has 3 heterocycles. The molecule has 0 atom stereocenters. The smallest absolute Gasteiger partial charge is 0.243 e. The van der Waals surface area contributed by atoms with Crippen molar-refractivity contribution >= 4 is 21.5 Å². The highest BCUT2D eigenvalue weighted by atomic mass is 32.2. The largest absolute Gasteiger partial charge is 0.351 e. The molecule has 3 aromatic rings. The molecule has 5 rings (SSSR count). The minimum atomic E-state index is -3.46. The third-order valence-corrected chi connectivity index (χ3v) is 7.11. The Hall–Kier alpha value is -2.52. The summed E-state index contributed by atoms with van der Waals surface area (Å²) in [5.41, 5.74) is 0.749. The molecule has 0 spiro atoms. The second-order valence-electron chi connectivity index (χ2n) is 6.98. The van der Waals surface area contributed by atoms with Crippen molar-refractivity contribution in [3.8, 4) is 0 Å². The van der Waals surface area contributed by atoms with E-state index in [9.17, 15) is 8.42 Å². The van der Waals surface area contributed by atoms with Crippen molar-refractivity contribution in [3.63, 3.8) is 0 Å². The monoisotopic (exact) mass is 384 g/mol. The zero-order valence-electron chi connectivity index (χ0n) is 14.8. The van der Waals surface area contributed by atoms with Crippen molar-refractivity contribution in [2.45, 2.75) is 23.7 Å². The van der Waals surface area contributed by atoms with Gasteiger partial charge in [0.1, 0.15) is 5.82 Å². The fourth-order valence-electron chi connectivity index (χ4n) is 3.56. The highest BCUT2D eigenvalue weighted by Crippen LogP contribution is 2.39. The van der Waals surface area contributed by atoms with Gasteiger partial charge in [0.15, 0.2) is 5.82 Å². The minimum absolute atomic E-state index is 0.338. The van der Waals surface area contributed by atoms with Gasteiger partial charge in [0, 0.05) is 44.5 Å². The van der Waals surface area contributed by atoms with Crippen LogP contribution in [0.3, 0.4) is 0 Å². The van der Waals surface area contributed by atoms with Crippen LogP contribution in [0.2, 0.25) is 0 Å². The molecular weight excluding hydrogens is 364 g/mol. The van der Waals surface area contributed by atoms with Crippen LogP contribution in [0.4, 0.5) is 5.82 Å². The summed E-state index contributed by atoms with van der Waals surface area (Å²) in [5, 5.41) is 8.69. The lowest BCUT2D eigenvalue weighted by atomic mass is 10.3. The van der Waals surface area contributed by atoms with Gasteiger partial charge >= 0.3 is 0 Å². The molecule has 1 aliphatic heterocycles. The number of anilines is 1. The van der Waals surface area contributed by atoms with Crippen LogP contribution in [0.25, 0.3) is 5.65 Å². The quantitative estimate of drug-likeness (QED) is 0.678. The van der Waals surface area contributed by atoms with Gasteiger partial charge in [-0.2, -0.15) is 4.31 Å². The van der Waals surface area contributed by atoms with E-state index < -0.39 is 10.0 Å². The summed E-state index contributed by atoms with van der Waals surface area (Å²) in [4.78, 5) is 6.94. The van der Waals surface area contributed by atoms with E-state index in [1.54, 1.807) is 34.8 Å². The van der Waals surface area contributed by atoms with Crippen LogP contribution in [-0.4, -0.2) is 58.5 Å². The SMILES string of the molecule is O=S(=O)(c1ccccc1)N1CCN(c2nccn3c(C4CC4)nnc23)CC1. The number of sulfonamides is 1. The van der Waals surface area contributed by atoms with Crippen LogP contribution < -0.4 is 4.90 Å². The highest BCUT2D eigenvalue weighted by molar-refractivity contribution is 7.89. The Balaban J connectivity index is 1.37. The Labute approximate surface area is 157 Å². The van der Waals surface area contributed by atoms with E-state index in [4.69, 9.17) is 0 Å². The standard InChI is InChI=1S/C18H20N6O2S/c25-27(26,15-4-2-1-3-5-15)23-12-10-22(11-13-23)17-18-21-20-16(14-6-7-14)24(18)9-8-19-17/h1-5,8-9,14H,6-7,10-13H2. The number of piperazine rings is 1. The molecule has 1 aromatic carbocycles. The van der Waals surface area contributed by atoms with E-state index in [1.807, 2.05) is 16.7 Å². The van der Waals surface area contributed by atoms with Gasteiger partial charge in [0.2, 0.25) is 15.7 Å². The van der Waals surface area contributed by atoms with E-state index in [0.717, 1.165) is 30.1 Å². The number of rotatable bonds is 4. The summed E-state index contributed by atoms with van der Waals surface area (Å²) in [6.45, 7) is 1.99. The lowest BCUT2D eigenvalue weighted by Gasteiger charge is -2.34. The highest BCUT2D eigenvalue weighted by Gasteiger charge is 2.32. The fourth-order valence-corrected chi connectivity index (χ4v) is 5.00. The first-order valence-electron chi connectivity index (χ1n) is 9.14. The lowest BCUT2D eigenvalue weighted by Crippen LogP contribution is -2.49. The molecule has 1 saturated carbocycles. The second-order valence-corrected chi connectivity index (χ2v) is 8.92.